The average molecular weight is 611 g/mol. The van der Waals surface area contributed by atoms with E-state index in [0.717, 1.165) is 59.9 Å². The number of nitrogens with zero attached hydrogens (tertiary/aromatic N) is 4. The Bertz CT molecular complexity index is 1760. The van der Waals surface area contributed by atoms with Gasteiger partial charge in [0.1, 0.15) is 6.10 Å². The normalized spacial score (nSPS) is 14.2. The standard InChI is InChI=1S/C33H34N6O6/c1-3-42-32-34-28-23(19-21-13-15-22(16-14-21)25-11-7-8-12-26(25)30-36-38-39-37-30)17-18-27(29(28)35-32)31(40)43-20(2)44-33(41)45-24-9-5-4-6-10-24/h7-8,11-18,20,24H,3-6,9-10,19H2,1-2H3,(H,34,35)(H,36,37,38,39). The highest BCUT2D eigenvalue weighted by atomic mass is 16.8. The first-order valence-corrected chi connectivity index (χ1v) is 15.1. The van der Waals surface area contributed by atoms with Gasteiger partial charge in [-0.1, -0.05) is 61.0 Å². The molecule has 0 spiro atoms. The Hall–Kier alpha value is -5.26. The zero-order valence-electron chi connectivity index (χ0n) is 25.1. The van der Waals surface area contributed by atoms with Crippen molar-refractivity contribution < 1.29 is 28.5 Å². The van der Waals surface area contributed by atoms with Gasteiger partial charge in [0.15, 0.2) is 5.82 Å². The zero-order valence-corrected chi connectivity index (χ0v) is 25.1. The van der Waals surface area contributed by atoms with Crippen molar-refractivity contribution in [1.82, 2.24) is 30.6 Å². The van der Waals surface area contributed by atoms with E-state index in [0.29, 0.717) is 35.9 Å². The van der Waals surface area contributed by atoms with Crippen LogP contribution in [0.25, 0.3) is 33.5 Å². The summed E-state index contributed by atoms with van der Waals surface area (Å²) in [5, 5.41) is 14.3. The summed E-state index contributed by atoms with van der Waals surface area (Å²) in [4.78, 5) is 33.2. The topological polar surface area (TPSA) is 154 Å². The quantitative estimate of drug-likeness (QED) is 0.134. The fourth-order valence-corrected chi connectivity index (χ4v) is 5.60. The summed E-state index contributed by atoms with van der Waals surface area (Å²) in [7, 11) is 0. The number of rotatable bonds is 10. The van der Waals surface area contributed by atoms with Gasteiger partial charge in [-0.25, -0.2) is 14.7 Å². The summed E-state index contributed by atoms with van der Waals surface area (Å²) in [6.45, 7) is 3.73. The molecule has 1 atom stereocenters. The van der Waals surface area contributed by atoms with E-state index in [1.807, 2.05) is 37.3 Å². The number of nitrogens with one attached hydrogen (secondary N) is 2. The second-order valence-corrected chi connectivity index (χ2v) is 10.9. The lowest BCUT2D eigenvalue weighted by Crippen LogP contribution is -2.26. The van der Waals surface area contributed by atoms with E-state index in [-0.39, 0.29) is 11.7 Å². The van der Waals surface area contributed by atoms with E-state index < -0.39 is 18.4 Å². The highest BCUT2D eigenvalue weighted by Crippen LogP contribution is 2.31. The molecule has 2 N–H and O–H groups in total. The number of H-pyrrole nitrogens is 2. The number of hydrogen-bond donors (Lipinski definition) is 2. The highest BCUT2D eigenvalue weighted by molar-refractivity contribution is 6.03. The van der Waals surface area contributed by atoms with Crippen LogP contribution in [0.2, 0.25) is 0 Å². The fourth-order valence-electron chi connectivity index (χ4n) is 5.60. The lowest BCUT2D eigenvalue weighted by Gasteiger charge is -2.22. The number of aromatic nitrogens is 6. The minimum Gasteiger partial charge on any atom is -0.465 e. The average Bonchev–Trinajstić information content (AvgIpc) is 3.73. The van der Waals surface area contributed by atoms with E-state index in [4.69, 9.17) is 18.9 Å². The number of carbonyl (C=O) groups is 2. The van der Waals surface area contributed by atoms with E-state index in [2.05, 4.69) is 54.9 Å². The molecular formula is C33H34N6O6. The number of fused-ring (bicyclic) bond motifs is 1. The molecule has 45 heavy (non-hydrogen) atoms. The summed E-state index contributed by atoms with van der Waals surface area (Å²) in [6.07, 6.45) is 3.23. The molecule has 6 rings (SSSR count). The van der Waals surface area contributed by atoms with Crippen molar-refractivity contribution in [2.24, 2.45) is 0 Å². The minimum absolute atomic E-state index is 0.160. The van der Waals surface area contributed by atoms with Crippen molar-refractivity contribution in [3.05, 3.63) is 77.4 Å². The van der Waals surface area contributed by atoms with Crippen LogP contribution in [0.15, 0.2) is 60.7 Å². The molecule has 12 nitrogen and oxygen atoms in total. The van der Waals surface area contributed by atoms with Crippen molar-refractivity contribution in [2.45, 2.75) is 64.8 Å². The Balaban J connectivity index is 1.18. The largest absolute Gasteiger partial charge is 0.511 e. The maximum absolute atomic E-state index is 13.2. The molecule has 1 fully saturated rings. The Labute approximate surface area is 259 Å². The van der Waals surface area contributed by atoms with Gasteiger partial charge in [-0.05, 0) is 77.8 Å². The molecular weight excluding hydrogens is 576 g/mol. The molecule has 0 aliphatic heterocycles. The van der Waals surface area contributed by atoms with Crippen LogP contribution in [-0.4, -0.2) is 61.7 Å². The summed E-state index contributed by atoms with van der Waals surface area (Å²) < 4.78 is 21.7. The van der Waals surface area contributed by atoms with Crippen LogP contribution in [-0.2, 0) is 20.6 Å². The molecule has 1 saturated carbocycles. The summed E-state index contributed by atoms with van der Waals surface area (Å²) in [6, 6.07) is 20.0. The van der Waals surface area contributed by atoms with Gasteiger partial charge in [-0.3, -0.25) is 0 Å². The summed E-state index contributed by atoms with van der Waals surface area (Å²) in [5.41, 5.74) is 6.18. The number of hydrogen-bond acceptors (Lipinski definition) is 10. The van der Waals surface area contributed by atoms with Crippen LogP contribution < -0.4 is 4.74 Å². The van der Waals surface area contributed by atoms with Gasteiger partial charge in [-0.2, -0.15) is 4.98 Å². The first-order chi connectivity index (χ1) is 22.0. The lowest BCUT2D eigenvalue weighted by molar-refractivity contribution is -0.0914. The van der Waals surface area contributed by atoms with Gasteiger partial charge in [0, 0.05) is 12.5 Å². The lowest BCUT2D eigenvalue weighted by atomic mass is 9.96. The van der Waals surface area contributed by atoms with Crippen LogP contribution in [0.3, 0.4) is 0 Å². The first-order valence-electron chi connectivity index (χ1n) is 15.1. The smallest absolute Gasteiger partial charge is 0.465 e. The molecule has 2 heterocycles. The predicted molar refractivity (Wildman–Crippen MR) is 164 cm³/mol. The molecule has 1 aliphatic rings. The number of benzene rings is 3. The zero-order chi connectivity index (χ0) is 31.2. The van der Waals surface area contributed by atoms with Gasteiger partial charge >= 0.3 is 12.1 Å². The molecule has 12 heteroatoms. The second kappa shape index (κ2) is 13.6. The van der Waals surface area contributed by atoms with E-state index in [9.17, 15) is 9.59 Å². The molecule has 1 unspecified atom stereocenters. The van der Waals surface area contributed by atoms with E-state index in [1.54, 1.807) is 6.07 Å². The SMILES string of the molecule is CCOc1nc2c(Cc3ccc(-c4ccccc4-c4nnn[nH]4)cc3)ccc(C(=O)OC(C)OC(=O)OC3CCCCC3)c2[nH]1. The monoisotopic (exact) mass is 610 g/mol. The summed E-state index contributed by atoms with van der Waals surface area (Å²) >= 11 is 0. The Kier molecular flexibility index (Phi) is 8.99. The van der Waals surface area contributed by atoms with Crippen molar-refractivity contribution in [3.8, 4) is 28.5 Å². The predicted octanol–water partition coefficient (Wildman–Crippen LogP) is 6.39. The van der Waals surface area contributed by atoms with Gasteiger partial charge in [-0.15, -0.1) is 5.10 Å². The van der Waals surface area contributed by atoms with Gasteiger partial charge < -0.3 is 23.9 Å². The Morgan fingerprint density at radius 1 is 0.956 bits per heavy atom. The fraction of sp³-hybridized carbons (Fsp3) is 0.333. The van der Waals surface area contributed by atoms with Crippen molar-refractivity contribution in [3.63, 3.8) is 0 Å². The second-order valence-electron chi connectivity index (χ2n) is 10.9. The molecule has 232 valence electrons. The van der Waals surface area contributed by atoms with Gasteiger partial charge in [0.25, 0.3) is 6.01 Å². The third-order valence-electron chi connectivity index (χ3n) is 7.75. The number of ether oxygens (including phenoxy) is 4. The van der Waals surface area contributed by atoms with Crippen LogP contribution in [0, 0.1) is 0 Å². The molecule has 2 aromatic heterocycles. The number of aromatic amines is 2. The van der Waals surface area contributed by atoms with E-state index in [1.165, 1.54) is 6.92 Å². The minimum atomic E-state index is -1.14. The summed E-state index contributed by atoms with van der Waals surface area (Å²) in [5.74, 6) is -0.0687. The first kappa shape index (κ1) is 29.8. The highest BCUT2D eigenvalue weighted by Gasteiger charge is 2.24. The van der Waals surface area contributed by atoms with Crippen LogP contribution in [0.1, 0.15) is 67.4 Å². The van der Waals surface area contributed by atoms with Crippen molar-refractivity contribution in [1.29, 1.82) is 0 Å². The third-order valence-corrected chi connectivity index (χ3v) is 7.75. The molecule has 0 bridgehead atoms. The molecule has 0 amide bonds. The van der Waals surface area contributed by atoms with Crippen molar-refractivity contribution >= 4 is 23.2 Å². The van der Waals surface area contributed by atoms with Crippen LogP contribution >= 0.6 is 0 Å². The number of imidazole rings is 1. The molecule has 0 radical (unpaired) electrons. The van der Waals surface area contributed by atoms with Crippen LogP contribution in [0.5, 0.6) is 6.01 Å². The number of tetrazole rings is 1. The molecule has 0 saturated heterocycles. The van der Waals surface area contributed by atoms with E-state index >= 15 is 0 Å². The Morgan fingerprint density at radius 2 is 1.73 bits per heavy atom. The maximum atomic E-state index is 13.2. The molecule has 1 aliphatic carbocycles. The third kappa shape index (κ3) is 6.95. The van der Waals surface area contributed by atoms with Crippen molar-refractivity contribution in [2.75, 3.05) is 6.61 Å². The van der Waals surface area contributed by atoms with Gasteiger partial charge in [0.05, 0.1) is 23.2 Å². The van der Waals surface area contributed by atoms with Crippen LogP contribution in [0.4, 0.5) is 4.79 Å². The van der Waals surface area contributed by atoms with Gasteiger partial charge in [0.2, 0.25) is 6.29 Å². The molecule has 5 aromatic rings. The Morgan fingerprint density at radius 3 is 2.47 bits per heavy atom. The molecule has 3 aromatic carbocycles. The number of esters is 1. The maximum Gasteiger partial charge on any atom is 0.511 e. The number of carbonyl (C=O) groups excluding carboxylic acids is 2.